The summed E-state index contributed by atoms with van der Waals surface area (Å²) in [6, 6.07) is 16.6. The predicted octanol–water partition coefficient (Wildman–Crippen LogP) is 7.04. The molecule has 3 aromatic rings. The summed E-state index contributed by atoms with van der Waals surface area (Å²) in [4.78, 5) is 25.4. The van der Waals surface area contributed by atoms with Gasteiger partial charge in [-0.05, 0) is 56.2 Å². The quantitative estimate of drug-likeness (QED) is 0.406. The van der Waals surface area contributed by atoms with Crippen LogP contribution in [0.5, 0.6) is 0 Å². The molecule has 0 atom stereocenters. The second-order valence-electron chi connectivity index (χ2n) is 9.02. The minimum atomic E-state index is 0.0850. The Hall–Kier alpha value is -2.05. The molecule has 0 bridgehead atoms. The van der Waals surface area contributed by atoms with Crippen LogP contribution in [0, 0.1) is 0 Å². The zero-order valence-corrected chi connectivity index (χ0v) is 21.1. The highest BCUT2D eigenvalue weighted by Crippen LogP contribution is 2.30. The first-order chi connectivity index (χ1) is 16.2. The highest BCUT2D eigenvalue weighted by molar-refractivity contribution is 7.98. The van der Waals surface area contributed by atoms with Crippen LogP contribution in [0.25, 0.3) is 10.1 Å². The molecule has 2 saturated carbocycles. The van der Waals surface area contributed by atoms with E-state index in [-0.39, 0.29) is 11.5 Å². The predicted molar refractivity (Wildman–Crippen MR) is 141 cm³/mol. The van der Waals surface area contributed by atoms with Gasteiger partial charge >= 0.3 is 0 Å². The van der Waals surface area contributed by atoms with E-state index in [1.165, 1.54) is 51.4 Å². The lowest BCUT2D eigenvalue weighted by atomic mass is 9.95. The van der Waals surface area contributed by atoms with Crippen LogP contribution in [-0.4, -0.2) is 22.2 Å². The van der Waals surface area contributed by atoms with Crippen LogP contribution >= 0.6 is 23.3 Å². The Balaban J connectivity index is 0.000000157. The van der Waals surface area contributed by atoms with Crippen molar-refractivity contribution in [2.75, 3.05) is 6.26 Å². The first kappa shape index (κ1) is 24.1. The lowest BCUT2D eigenvalue weighted by Gasteiger charge is -2.23. The summed E-state index contributed by atoms with van der Waals surface area (Å²) in [5.74, 6) is 0.0850. The van der Waals surface area contributed by atoms with Gasteiger partial charge in [0.1, 0.15) is 0 Å². The number of benzene rings is 2. The molecule has 176 valence electrons. The fraction of sp³-hybridized carbons (Fsp3) is 0.481. The number of carbonyl (C=O) groups is 1. The molecule has 2 aliphatic rings. The van der Waals surface area contributed by atoms with E-state index in [1.807, 2.05) is 58.7 Å². The van der Waals surface area contributed by atoms with Crippen LogP contribution in [0.3, 0.4) is 0 Å². The normalized spacial score (nSPS) is 17.4. The molecule has 2 aliphatic carbocycles. The number of nitrogens with one attached hydrogen (secondary N) is 1. The van der Waals surface area contributed by atoms with Crippen molar-refractivity contribution in [2.45, 2.75) is 81.2 Å². The summed E-state index contributed by atoms with van der Waals surface area (Å²) in [6.45, 7) is 0. The number of rotatable bonds is 4. The molecule has 0 saturated heterocycles. The van der Waals surface area contributed by atoms with Gasteiger partial charge in [0.25, 0.3) is 11.5 Å². The molecule has 1 amide bonds. The highest BCUT2D eigenvalue weighted by Gasteiger charge is 2.19. The van der Waals surface area contributed by atoms with Gasteiger partial charge in [-0.1, -0.05) is 74.3 Å². The highest BCUT2D eigenvalue weighted by atomic mass is 32.2. The molecule has 0 unspecified atom stereocenters. The minimum absolute atomic E-state index is 0.0850. The Bertz CT molecular complexity index is 1110. The van der Waals surface area contributed by atoms with Gasteiger partial charge in [0, 0.05) is 17.0 Å². The standard InChI is InChI=1S/C14H19NOS.C13H15NOS/c1-17-13-10-6-5-9-12(13)14(16)15-11-7-3-2-4-8-11;15-13-11-8-4-5-9-12(11)16-14(13)10-6-2-1-3-7-10/h5-6,9-11H,2-4,7-8H2,1H3,(H,15,16);4-5,8-10H,1-3,6-7H2. The average molecular weight is 483 g/mol. The van der Waals surface area contributed by atoms with Gasteiger partial charge in [0.2, 0.25) is 0 Å². The Morgan fingerprint density at radius 1 is 0.909 bits per heavy atom. The first-order valence-electron chi connectivity index (χ1n) is 12.2. The lowest BCUT2D eigenvalue weighted by molar-refractivity contribution is 0.0924. The van der Waals surface area contributed by atoms with E-state index >= 15 is 0 Å². The van der Waals surface area contributed by atoms with Crippen LogP contribution in [-0.2, 0) is 0 Å². The van der Waals surface area contributed by atoms with Crippen molar-refractivity contribution in [3.63, 3.8) is 0 Å². The fourth-order valence-electron chi connectivity index (χ4n) is 4.89. The zero-order chi connectivity index (χ0) is 23.0. The van der Waals surface area contributed by atoms with Gasteiger partial charge in [0.15, 0.2) is 0 Å². The topological polar surface area (TPSA) is 51.1 Å². The molecular formula is C27H34N2O2S2. The summed E-state index contributed by atoms with van der Waals surface area (Å²) in [7, 11) is 0. The smallest absolute Gasteiger partial charge is 0.268 e. The van der Waals surface area contributed by atoms with E-state index < -0.39 is 0 Å². The van der Waals surface area contributed by atoms with Crippen molar-refractivity contribution in [1.82, 2.24) is 9.27 Å². The third kappa shape index (κ3) is 6.10. The summed E-state index contributed by atoms with van der Waals surface area (Å²) in [5.41, 5.74) is 1.03. The van der Waals surface area contributed by atoms with Crippen molar-refractivity contribution in [3.05, 3.63) is 64.4 Å². The number of hydrogen-bond donors (Lipinski definition) is 1. The molecule has 0 spiro atoms. The number of nitrogens with zero attached hydrogens (tertiary/aromatic N) is 1. The number of hydrogen-bond acceptors (Lipinski definition) is 4. The van der Waals surface area contributed by atoms with Crippen LogP contribution in [0.2, 0.25) is 0 Å². The van der Waals surface area contributed by atoms with Gasteiger partial charge in [-0.25, -0.2) is 0 Å². The van der Waals surface area contributed by atoms with E-state index in [1.54, 1.807) is 23.3 Å². The second kappa shape index (κ2) is 11.9. The second-order valence-corrected chi connectivity index (χ2v) is 10.9. The van der Waals surface area contributed by atoms with Gasteiger partial charge in [-0.15, -0.1) is 11.8 Å². The maximum absolute atomic E-state index is 12.2. The van der Waals surface area contributed by atoms with E-state index in [0.717, 1.165) is 33.4 Å². The summed E-state index contributed by atoms with van der Waals surface area (Å²) in [5, 5.41) is 4.04. The third-order valence-electron chi connectivity index (χ3n) is 6.71. The Kier molecular flexibility index (Phi) is 8.68. The average Bonchev–Trinajstić information content (AvgIpc) is 3.22. The van der Waals surface area contributed by atoms with Gasteiger partial charge < -0.3 is 5.32 Å². The number of fused-ring (bicyclic) bond motifs is 1. The van der Waals surface area contributed by atoms with Crippen molar-refractivity contribution in [1.29, 1.82) is 0 Å². The Morgan fingerprint density at radius 3 is 2.24 bits per heavy atom. The van der Waals surface area contributed by atoms with Crippen molar-refractivity contribution in [2.24, 2.45) is 0 Å². The largest absolute Gasteiger partial charge is 0.349 e. The molecule has 2 aromatic carbocycles. The van der Waals surface area contributed by atoms with Gasteiger partial charge in [-0.2, -0.15) is 0 Å². The Morgan fingerprint density at radius 2 is 1.55 bits per heavy atom. The van der Waals surface area contributed by atoms with E-state index in [2.05, 4.69) is 5.32 Å². The summed E-state index contributed by atoms with van der Waals surface area (Å²) >= 11 is 3.26. The van der Waals surface area contributed by atoms with Crippen molar-refractivity contribution in [3.8, 4) is 0 Å². The lowest BCUT2D eigenvalue weighted by Crippen LogP contribution is -2.36. The maximum Gasteiger partial charge on any atom is 0.268 e. The monoisotopic (exact) mass is 482 g/mol. The molecule has 6 heteroatoms. The molecule has 33 heavy (non-hydrogen) atoms. The Labute approximate surface area is 204 Å². The summed E-state index contributed by atoms with van der Waals surface area (Å²) in [6.07, 6.45) is 14.3. The number of amides is 1. The molecule has 0 aliphatic heterocycles. The SMILES string of the molecule is CSc1ccccc1C(=O)NC1CCCCC1.O=c1c2ccccc2sn1C1CCCCC1. The molecule has 1 heterocycles. The van der Waals surface area contributed by atoms with Gasteiger partial charge in [0.05, 0.1) is 15.6 Å². The first-order valence-corrected chi connectivity index (χ1v) is 14.2. The summed E-state index contributed by atoms with van der Waals surface area (Å²) < 4.78 is 3.13. The molecule has 5 rings (SSSR count). The molecule has 4 nitrogen and oxygen atoms in total. The fourth-order valence-corrected chi connectivity index (χ4v) is 6.63. The number of carbonyl (C=O) groups excluding carboxylic acids is 1. The van der Waals surface area contributed by atoms with E-state index in [4.69, 9.17) is 0 Å². The van der Waals surface area contributed by atoms with Crippen molar-refractivity contribution < 1.29 is 4.79 Å². The third-order valence-corrected chi connectivity index (χ3v) is 8.72. The van der Waals surface area contributed by atoms with Crippen LogP contribution in [0.4, 0.5) is 0 Å². The van der Waals surface area contributed by atoms with Crippen LogP contribution in [0.15, 0.2) is 58.2 Å². The zero-order valence-electron chi connectivity index (χ0n) is 19.4. The molecular weight excluding hydrogens is 448 g/mol. The minimum Gasteiger partial charge on any atom is -0.349 e. The molecule has 1 aromatic heterocycles. The van der Waals surface area contributed by atoms with Crippen LogP contribution in [0.1, 0.15) is 80.6 Å². The molecule has 2 fully saturated rings. The van der Waals surface area contributed by atoms with E-state index in [0.29, 0.717) is 12.1 Å². The maximum atomic E-state index is 12.2. The number of aromatic nitrogens is 1. The van der Waals surface area contributed by atoms with Crippen molar-refractivity contribution >= 4 is 39.3 Å². The molecule has 0 radical (unpaired) electrons. The van der Waals surface area contributed by atoms with Crippen LogP contribution < -0.4 is 10.9 Å². The van der Waals surface area contributed by atoms with Gasteiger partial charge in [-0.3, -0.25) is 13.5 Å². The van der Waals surface area contributed by atoms with E-state index in [9.17, 15) is 9.59 Å². The molecule has 1 N–H and O–H groups in total. The number of thioether (sulfide) groups is 1.